The normalized spacial score (nSPS) is 14.1. The Labute approximate surface area is 202 Å². The molecule has 1 atom stereocenters. The zero-order valence-electron chi connectivity index (χ0n) is 19.9. The maximum Gasteiger partial charge on any atom is 0.322 e. The van der Waals surface area contributed by atoms with Crippen LogP contribution in [0.15, 0.2) is 41.2 Å². The number of esters is 1. The summed E-state index contributed by atoms with van der Waals surface area (Å²) in [4.78, 5) is 37.2. The van der Waals surface area contributed by atoms with E-state index in [-0.39, 0.29) is 17.3 Å². The van der Waals surface area contributed by atoms with Crippen molar-refractivity contribution in [3.8, 4) is 5.75 Å². The van der Waals surface area contributed by atoms with Crippen molar-refractivity contribution in [1.29, 1.82) is 0 Å². The number of carboxylic acid groups (broad SMARTS) is 1. The fourth-order valence-corrected chi connectivity index (χ4v) is 4.96. The largest absolute Gasteiger partial charge is 0.481 e. The van der Waals surface area contributed by atoms with Crippen LogP contribution in [0.1, 0.15) is 54.2 Å². The molecule has 35 heavy (non-hydrogen) atoms. The van der Waals surface area contributed by atoms with Gasteiger partial charge in [0.25, 0.3) is 0 Å². The van der Waals surface area contributed by atoms with Crippen LogP contribution in [0.3, 0.4) is 0 Å². The Bertz CT molecular complexity index is 1300. The Morgan fingerprint density at radius 3 is 2.31 bits per heavy atom. The molecule has 0 fully saturated rings. The van der Waals surface area contributed by atoms with Gasteiger partial charge in [-0.05, 0) is 65.6 Å². The summed E-state index contributed by atoms with van der Waals surface area (Å²) in [7, 11) is 0. The Morgan fingerprint density at radius 2 is 1.71 bits per heavy atom. The molecule has 0 spiro atoms. The molecular weight excluding hydrogens is 448 g/mol. The maximum atomic E-state index is 11.9. The number of aryl methyl sites for hydroxylation is 2. The van der Waals surface area contributed by atoms with Crippen LogP contribution < -0.4 is 15.6 Å². The van der Waals surface area contributed by atoms with Crippen LogP contribution in [-0.2, 0) is 35.3 Å². The molecule has 1 heterocycles. The summed E-state index contributed by atoms with van der Waals surface area (Å²) in [5, 5.41) is 23.8. The second-order valence-electron chi connectivity index (χ2n) is 8.89. The highest BCUT2D eigenvalue weighted by molar-refractivity contribution is 5.94. The molecule has 2 aromatic carbocycles. The second kappa shape index (κ2) is 10.4. The Hall–Kier alpha value is -3.49. The maximum absolute atomic E-state index is 11.9. The number of nitrogens with one attached hydrogen (secondary N) is 2. The number of pyridine rings is 1. The van der Waals surface area contributed by atoms with Gasteiger partial charge in [-0.2, -0.15) is 0 Å². The van der Waals surface area contributed by atoms with Crippen LogP contribution in [0.5, 0.6) is 5.75 Å². The van der Waals surface area contributed by atoms with Crippen molar-refractivity contribution >= 4 is 22.8 Å². The van der Waals surface area contributed by atoms with Gasteiger partial charge in [-0.3, -0.25) is 14.4 Å². The number of carboxylic acids is 1. The standard InChI is InChI=1S/C27H30N2O6/c1-3-15-5-6-16(4-2)21-12-17(11-20(15)21)28-14-22(30)18-7-9-23(35-26(34)13-25(32)33)27-19(18)8-10-24(31)29-27/h5-10,17,22,28,30H,3-4,11-14H2,1-2H3,(H,29,31)(H,32,33)/t22-/m1/s1. The monoisotopic (exact) mass is 478 g/mol. The predicted octanol–water partition coefficient (Wildman–Crippen LogP) is 2.82. The first-order chi connectivity index (χ1) is 16.8. The van der Waals surface area contributed by atoms with E-state index < -0.39 is 30.0 Å². The highest BCUT2D eigenvalue weighted by Crippen LogP contribution is 2.32. The SMILES string of the molecule is CCc1ccc(CC)c2c1CC(NC[C@@H](O)c1ccc(OC(=O)CC(=O)O)c3[nH]c(=O)ccc13)C2. The third kappa shape index (κ3) is 5.28. The first-order valence-corrected chi connectivity index (χ1v) is 11.9. The van der Waals surface area contributed by atoms with Crippen LogP contribution in [0.2, 0.25) is 0 Å². The lowest BCUT2D eigenvalue weighted by molar-refractivity contribution is -0.145. The van der Waals surface area contributed by atoms with Gasteiger partial charge in [-0.1, -0.05) is 32.0 Å². The van der Waals surface area contributed by atoms with Gasteiger partial charge in [-0.15, -0.1) is 0 Å². The molecule has 1 aliphatic rings. The molecule has 0 saturated heterocycles. The Morgan fingerprint density at radius 1 is 1.06 bits per heavy atom. The Balaban J connectivity index is 1.52. The molecule has 0 saturated carbocycles. The van der Waals surface area contributed by atoms with E-state index in [9.17, 15) is 19.5 Å². The van der Waals surface area contributed by atoms with Gasteiger partial charge in [0.1, 0.15) is 6.42 Å². The average molecular weight is 479 g/mol. The number of fused-ring (bicyclic) bond motifs is 2. The average Bonchev–Trinajstić information content (AvgIpc) is 3.26. The van der Waals surface area contributed by atoms with Gasteiger partial charge in [0, 0.05) is 24.0 Å². The van der Waals surface area contributed by atoms with E-state index in [1.165, 1.54) is 34.4 Å². The quantitative estimate of drug-likeness (QED) is 0.211. The summed E-state index contributed by atoms with van der Waals surface area (Å²) in [5.74, 6) is -2.22. The minimum atomic E-state index is -1.31. The molecule has 0 amide bonds. The number of benzene rings is 2. The van der Waals surface area contributed by atoms with Crippen molar-refractivity contribution in [1.82, 2.24) is 10.3 Å². The summed E-state index contributed by atoms with van der Waals surface area (Å²) in [6.45, 7) is 4.65. The van der Waals surface area contributed by atoms with Crippen molar-refractivity contribution in [3.05, 3.63) is 74.6 Å². The molecule has 8 heteroatoms. The predicted molar refractivity (Wildman–Crippen MR) is 132 cm³/mol. The number of rotatable bonds is 9. The minimum absolute atomic E-state index is 0.0401. The van der Waals surface area contributed by atoms with E-state index in [0.717, 1.165) is 25.7 Å². The van der Waals surface area contributed by atoms with Crippen LogP contribution in [0.25, 0.3) is 10.9 Å². The molecule has 184 valence electrons. The molecule has 0 aliphatic heterocycles. The van der Waals surface area contributed by atoms with Crippen molar-refractivity contribution in [2.75, 3.05) is 6.54 Å². The summed E-state index contributed by atoms with van der Waals surface area (Å²) in [6.07, 6.45) is 2.17. The highest BCUT2D eigenvalue weighted by atomic mass is 16.5. The summed E-state index contributed by atoms with van der Waals surface area (Å²) >= 11 is 0. The minimum Gasteiger partial charge on any atom is -0.481 e. The second-order valence-corrected chi connectivity index (χ2v) is 8.89. The summed E-state index contributed by atoms with van der Waals surface area (Å²) < 4.78 is 5.16. The molecule has 1 aliphatic carbocycles. The van der Waals surface area contributed by atoms with Crippen molar-refractivity contribution in [3.63, 3.8) is 0 Å². The van der Waals surface area contributed by atoms with Crippen molar-refractivity contribution < 1.29 is 24.5 Å². The zero-order chi connectivity index (χ0) is 25.1. The van der Waals surface area contributed by atoms with E-state index in [4.69, 9.17) is 9.84 Å². The molecule has 0 unspecified atom stereocenters. The first-order valence-electron chi connectivity index (χ1n) is 11.9. The molecule has 1 aromatic heterocycles. The zero-order valence-corrected chi connectivity index (χ0v) is 19.9. The number of aromatic nitrogens is 1. The van der Waals surface area contributed by atoms with Crippen molar-refractivity contribution in [2.45, 2.75) is 58.1 Å². The number of hydrogen-bond donors (Lipinski definition) is 4. The van der Waals surface area contributed by atoms with Gasteiger partial charge in [-0.25, -0.2) is 0 Å². The molecule has 4 rings (SSSR count). The number of H-pyrrole nitrogens is 1. The number of ether oxygens (including phenoxy) is 1. The van der Waals surface area contributed by atoms with Gasteiger partial charge in [0.2, 0.25) is 5.56 Å². The molecule has 0 radical (unpaired) electrons. The van der Waals surface area contributed by atoms with E-state index in [2.05, 4.69) is 36.3 Å². The van der Waals surface area contributed by atoms with Crippen LogP contribution in [0.4, 0.5) is 0 Å². The number of hydrogen-bond acceptors (Lipinski definition) is 6. The third-order valence-electron chi connectivity index (χ3n) is 6.66. The number of aliphatic carboxylic acids is 1. The van der Waals surface area contributed by atoms with Gasteiger partial charge < -0.3 is 25.3 Å². The molecular formula is C27H30N2O6. The van der Waals surface area contributed by atoms with Crippen LogP contribution in [-0.4, -0.2) is 39.7 Å². The number of carbonyl (C=O) groups excluding carboxylic acids is 1. The van der Waals surface area contributed by atoms with Gasteiger partial charge in [0.05, 0.1) is 11.6 Å². The lowest BCUT2D eigenvalue weighted by Gasteiger charge is -2.19. The van der Waals surface area contributed by atoms with Crippen LogP contribution in [0, 0.1) is 0 Å². The van der Waals surface area contributed by atoms with Gasteiger partial charge >= 0.3 is 11.9 Å². The Kier molecular flexibility index (Phi) is 7.33. The molecule has 4 N–H and O–H groups in total. The van der Waals surface area contributed by atoms with Gasteiger partial charge in [0.15, 0.2) is 5.75 Å². The van der Waals surface area contributed by atoms with E-state index in [0.29, 0.717) is 17.5 Å². The topological polar surface area (TPSA) is 129 Å². The smallest absolute Gasteiger partial charge is 0.322 e. The molecule has 3 aromatic rings. The summed E-state index contributed by atoms with van der Waals surface area (Å²) in [6, 6.07) is 10.7. The third-order valence-corrected chi connectivity index (χ3v) is 6.66. The van der Waals surface area contributed by atoms with Crippen LogP contribution >= 0.6 is 0 Å². The van der Waals surface area contributed by atoms with E-state index in [1.807, 2.05) is 0 Å². The molecule has 0 bridgehead atoms. The number of carbonyl (C=O) groups is 2. The fraction of sp³-hybridized carbons (Fsp3) is 0.370. The fourth-order valence-electron chi connectivity index (χ4n) is 4.96. The molecule has 8 nitrogen and oxygen atoms in total. The summed E-state index contributed by atoms with van der Waals surface area (Å²) in [5.41, 5.74) is 6.01. The number of aromatic amines is 1. The van der Waals surface area contributed by atoms with E-state index in [1.54, 1.807) is 12.1 Å². The van der Waals surface area contributed by atoms with Crippen molar-refractivity contribution in [2.24, 2.45) is 0 Å². The lowest BCUT2D eigenvalue weighted by atomic mass is 9.96. The number of aliphatic hydroxyl groups is 1. The highest BCUT2D eigenvalue weighted by Gasteiger charge is 2.26. The van der Waals surface area contributed by atoms with E-state index >= 15 is 0 Å². The number of aliphatic hydroxyl groups excluding tert-OH is 1. The lowest BCUT2D eigenvalue weighted by Crippen LogP contribution is -2.33. The first kappa shape index (κ1) is 24.6.